The Morgan fingerprint density at radius 3 is 2.43 bits per heavy atom. The Morgan fingerprint density at radius 2 is 1.80 bits per heavy atom. The molecule has 1 aliphatic heterocycles. The molecule has 1 N–H and O–H groups in total. The summed E-state index contributed by atoms with van der Waals surface area (Å²) in [5.74, 6) is 0.297. The second kappa shape index (κ2) is 7.63. The smallest absolute Gasteiger partial charge is 0.255 e. The highest BCUT2D eigenvalue weighted by molar-refractivity contribution is 6.03. The van der Waals surface area contributed by atoms with Gasteiger partial charge < -0.3 is 9.73 Å². The molecule has 0 spiro atoms. The van der Waals surface area contributed by atoms with E-state index in [1.165, 1.54) is 24.6 Å². The monoisotopic (exact) mass is 402 g/mol. The largest absolute Gasteiger partial charge is 0.456 e. The maximum Gasteiger partial charge on any atom is 0.255 e. The first-order valence-corrected chi connectivity index (χ1v) is 9.80. The molecule has 0 aliphatic carbocycles. The minimum absolute atomic E-state index is 0.148. The van der Waals surface area contributed by atoms with Gasteiger partial charge in [0.05, 0.1) is 11.9 Å². The first kappa shape index (κ1) is 19.6. The van der Waals surface area contributed by atoms with Gasteiger partial charge in [0.1, 0.15) is 11.3 Å². The van der Waals surface area contributed by atoms with E-state index in [2.05, 4.69) is 19.2 Å². The van der Waals surface area contributed by atoms with Gasteiger partial charge in [0, 0.05) is 36.0 Å². The van der Waals surface area contributed by atoms with Crippen molar-refractivity contribution in [1.82, 2.24) is 4.90 Å². The van der Waals surface area contributed by atoms with Crippen LogP contribution in [0.1, 0.15) is 32.3 Å². The fourth-order valence-electron chi connectivity index (χ4n) is 3.46. The van der Waals surface area contributed by atoms with Gasteiger partial charge in [-0.25, -0.2) is 0 Å². The van der Waals surface area contributed by atoms with Crippen LogP contribution in [0.4, 0.5) is 5.69 Å². The van der Waals surface area contributed by atoms with Crippen LogP contribution in [-0.4, -0.2) is 23.3 Å². The Kier molecular flexibility index (Phi) is 4.99. The van der Waals surface area contributed by atoms with Gasteiger partial charge in [0.2, 0.25) is 5.91 Å². The molecule has 0 unspecified atom stereocenters. The summed E-state index contributed by atoms with van der Waals surface area (Å²) in [6.07, 6.45) is 1.39. The van der Waals surface area contributed by atoms with Crippen LogP contribution in [-0.2, 0) is 9.59 Å². The molecule has 0 atom stereocenters. The van der Waals surface area contributed by atoms with Crippen molar-refractivity contribution < 1.29 is 14.0 Å². The first-order chi connectivity index (χ1) is 14.3. The number of nitrogens with zero attached hydrogens (tertiary/aromatic N) is 1. The minimum atomic E-state index is -0.349. The summed E-state index contributed by atoms with van der Waals surface area (Å²) >= 11 is 0. The van der Waals surface area contributed by atoms with Gasteiger partial charge in [-0.3, -0.25) is 19.3 Å². The zero-order valence-corrected chi connectivity index (χ0v) is 17.1. The number of hydrogen-bond acceptors (Lipinski definition) is 5. The lowest BCUT2D eigenvalue weighted by molar-refractivity contribution is -0.138. The summed E-state index contributed by atoms with van der Waals surface area (Å²) in [5, 5.41) is 3.55. The molecule has 3 aromatic rings. The summed E-state index contributed by atoms with van der Waals surface area (Å²) in [4.78, 5) is 37.2. The van der Waals surface area contributed by atoms with Crippen molar-refractivity contribution in [2.24, 2.45) is 0 Å². The molecule has 30 heavy (non-hydrogen) atoms. The number of carbonyl (C=O) groups excluding carboxylic acids is 2. The maximum absolute atomic E-state index is 12.7. The van der Waals surface area contributed by atoms with Gasteiger partial charge in [-0.15, -0.1) is 0 Å². The summed E-state index contributed by atoms with van der Waals surface area (Å²) in [7, 11) is 0. The fraction of sp³-hybridized carbons (Fsp3) is 0.208. The minimum Gasteiger partial charge on any atom is -0.456 e. The normalized spacial score (nSPS) is 13.8. The molecule has 4 rings (SSSR count). The number of imide groups is 1. The van der Waals surface area contributed by atoms with Gasteiger partial charge in [-0.05, 0) is 29.7 Å². The van der Waals surface area contributed by atoms with Gasteiger partial charge in [0.25, 0.3) is 5.91 Å². The number of benzene rings is 2. The third kappa shape index (κ3) is 3.76. The zero-order valence-electron chi connectivity index (χ0n) is 17.1. The third-order valence-electron chi connectivity index (χ3n) is 5.17. The van der Waals surface area contributed by atoms with Crippen LogP contribution in [0.25, 0.3) is 22.3 Å². The SMILES string of the molecule is CC(=O)N1CC(Nc2ccc3oc(-c4ccc(C(C)C)cc4)cc(=O)c3c2)=CC1=O. The number of fused-ring (bicyclic) bond motifs is 1. The average molecular weight is 402 g/mol. The Labute approximate surface area is 173 Å². The molecule has 0 saturated heterocycles. The molecule has 152 valence electrons. The molecule has 6 nitrogen and oxygen atoms in total. The summed E-state index contributed by atoms with van der Waals surface area (Å²) < 4.78 is 5.97. The topological polar surface area (TPSA) is 79.6 Å². The Hall–Kier alpha value is -3.67. The lowest BCUT2D eigenvalue weighted by Crippen LogP contribution is -2.31. The van der Waals surface area contributed by atoms with Crippen LogP contribution < -0.4 is 10.7 Å². The molecule has 0 saturated carbocycles. The number of hydrogen-bond donors (Lipinski definition) is 1. The van der Waals surface area contributed by atoms with Crippen molar-refractivity contribution >= 4 is 28.5 Å². The summed E-state index contributed by atoms with van der Waals surface area (Å²) in [6, 6.07) is 14.7. The van der Waals surface area contributed by atoms with E-state index in [9.17, 15) is 14.4 Å². The van der Waals surface area contributed by atoms with E-state index in [-0.39, 0.29) is 23.8 Å². The van der Waals surface area contributed by atoms with Crippen LogP contribution in [0.2, 0.25) is 0 Å². The molecule has 6 heteroatoms. The number of anilines is 1. The molecule has 2 aromatic carbocycles. The highest BCUT2D eigenvalue weighted by Gasteiger charge is 2.24. The lowest BCUT2D eigenvalue weighted by Gasteiger charge is -2.13. The summed E-state index contributed by atoms with van der Waals surface area (Å²) in [5.41, 5.74) is 3.65. The predicted molar refractivity (Wildman–Crippen MR) is 116 cm³/mol. The lowest BCUT2D eigenvalue weighted by atomic mass is 10.0. The third-order valence-corrected chi connectivity index (χ3v) is 5.17. The van der Waals surface area contributed by atoms with Crippen molar-refractivity contribution in [3.05, 3.63) is 76.1 Å². The number of amides is 2. The Morgan fingerprint density at radius 1 is 1.07 bits per heavy atom. The van der Waals surface area contributed by atoms with Gasteiger partial charge >= 0.3 is 0 Å². The second-order valence-corrected chi connectivity index (χ2v) is 7.70. The molecule has 0 radical (unpaired) electrons. The Balaban J connectivity index is 1.62. The van der Waals surface area contributed by atoms with E-state index in [0.29, 0.717) is 34.0 Å². The van der Waals surface area contributed by atoms with Crippen molar-refractivity contribution in [3.63, 3.8) is 0 Å². The van der Waals surface area contributed by atoms with E-state index in [1.54, 1.807) is 18.2 Å². The fourth-order valence-corrected chi connectivity index (χ4v) is 3.46. The highest BCUT2D eigenvalue weighted by atomic mass is 16.3. The molecular weight excluding hydrogens is 380 g/mol. The van der Waals surface area contributed by atoms with E-state index < -0.39 is 0 Å². The standard InChI is InChI=1S/C24H22N2O4/c1-14(2)16-4-6-17(7-5-16)23-12-21(28)20-10-18(8-9-22(20)30-23)25-19-11-24(29)26(13-19)15(3)27/h4-12,14,25H,13H2,1-3H3. The van der Waals surface area contributed by atoms with Crippen LogP contribution in [0.5, 0.6) is 0 Å². The van der Waals surface area contributed by atoms with Crippen LogP contribution in [0.15, 0.2) is 69.5 Å². The van der Waals surface area contributed by atoms with Crippen molar-refractivity contribution in [2.45, 2.75) is 26.7 Å². The van der Waals surface area contributed by atoms with E-state index in [4.69, 9.17) is 4.42 Å². The van der Waals surface area contributed by atoms with E-state index in [1.807, 2.05) is 24.3 Å². The molecule has 1 aromatic heterocycles. The van der Waals surface area contributed by atoms with Gasteiger partial charge in [-0.2, -0.15) is 0 Å². The molecular formula is C24H22N2O4. The molecule has 2 amide bonds. The van der Waals surface area contributed by atoms with Gasteiger partial charge in [-0.1, -0.05) is 38.1 Å². The zero-order chi connectivity index (χ0) is 21.4. The van der Waals surface area contributed by atoms with E-state index in [0.717, 1.165) is 10.5 Å². The second-order valence-electron chi connectivity index (χ2n) is 7.70. The molecule has 0 bridgehead atoms. The quantitative estimate of drug-likeness (QED) is 0.705. The van der Waals surface area contributed by atoms with Crippen molar-refractivity contribution in [3.8, 4) is 11.3 Å². The summed E-state index contributed by atoms with van der Waals surface area (Å²) in [6.45, 7) is 5.80. The van der Waals surface area contributed by atoms with Crippen molar-refractivity contribution in [2.75, 3.05) is 11.9 Å². The van der Waals surface area contributed by atoms with Crippen LogP contribution in [0, 0.1) is 0 Å². The van der Waals surface area contributed by atoms with Crippen LogP contribution >= 0.6 is 0 Å². The van der Waals surface area contributed by atoms with Crippen LogP contribution in [0.3, 0.4) is 0 Å². The Bertz CT molecular complexity index is 1240. The number of nitrogens with one attached hydrogen (secondary N) is 1. The van der Waals surface area contributed by atoms with Gasteiger partial charge in [0.15, 0.2) is 5.43 Å². The van der Waals surface area contributed by atoms with Crippen molar-refractivity contribution in [1.29, 1.82) is 0 Å². The van der Waals surface area contributed by atoms with E-state index >= 15 is 0 Å². The average Bonchev–Trinajstić information content (AvgIpc) is 3.08. The molecule has 2 heterocycles. The molecule has 1 aliphatic rings. The number of rotatable bonds is 4. The first-order valence-electron chi connectivity index (χ1n) is 9.80. The highest BCUT2D eigenvalue weighted by Crippen LogP contribution is 2.26. The predicted octanol–water partition coefficient (Wildman–Crippen LogP) is 4.27. The number of carbonyl (C=O) groups is 2. The molecule has 0 fully saturated rings. The maximum atomic E-state index is 12.7.